The van der Waals surface area contributed by atoms with Gasteiger partial charge in [-0.25, -0.2) is 0 Å². The Morgan fingerprint density at radius 1 is 1.47 bits per heavy atom. The molecule has 1 aliphatic rings. The second-order valence-electron chi connectivity index (χ2n) is 4.59. The van der Waals surface area contributed by atoms with Gasteiger partial charge >= 0.3 is 0 Å². The second-order valence-corrected chi connectivity index (χ2v) is 5.53. The van der Waals surface area contributed by atoms with Crippen LogP contribution in [0.15, 0.2) is 11.4 Å². The molecular weight excluding hydrogens is 202 g/mol. The quantitative estimate of drug-likeness (QED) is 0.824. The highest BCUT2D eigenvalue weighted by Gasteiger charge is 2.24. The average Bonchev–Trinajstić information content (AvgIpc) is 2.65. The summed E-state index contributed by atoms with van der Waals surface area (Å²) >= 11 is 1.95. The van der Waals surface area contributed by atoms with Crippen molar-refractivity contribution in [2.75, 3.05) is 6.54 Å². The predicted molar refractivity (Wildman–Crippen MR) is 67.7 cm³/mol. The molecule has 1 N–H and O–H groups in total. The maximum absolute atomic E-state index is 3.60. The Morgan fingerprint density at radius 2 is 2.33 bits per heavy atom. The Kier molecular flexibility index (Phi) is 3.81. The maximum atomic E-state index is 3.60. The molecule has 2 unspecified atom stereocenters. The molecule has 1 fully saturated rings. The number of hydrogen-bond donors (Lipinski definition) is 1. The first kappa shape index (κ1) is 11.2. The molecule has 1 aromatic rings. The minimum atomic E-state index is 0.759. The van der Waals surface area contributed by atoms with Gasteiger partial charge in [-0.05, 0) is 55.7 Å². The van der Waals surface area contributed by atoms with Crippen LogP contribution in [0.2, 0.25) is 0 Å². The van der Waals surface area contributed by atoms with Gasteiger partial charge in [-0.15, -0.1) is 11.3 Å². The van der Waals surface area contributed by atoms with Crippen molar-refractivity contribution in [2.24, 2.45) is 0 Å². The highest BCUT2D eigenvalue weighted by molar-refractivity contribution is 7.10. The van der Waals surface area contributed by atoms with E-state index in [2.05, 4.69) is 30.6 Å². The average molecular weight is 223 g/mol. The summed E-state index contributed by atoms with van der Waals surface area (Å²) in [5.74, 6) is 0.822. The predicted octanol–water partition coefficient (Wildman–Crippen LogP) is 3.69. The Morgan fingerprint density at radius 3 is 3.00 bits per heavy atom. The molecule has 1 heterocycles. The lowest BCUT2D eigenvalue weighted by atomic mass is 9.84. The molecule has 2 heteroatoms. The number of aryl methyl sites for hydroxylation is 1. The zero-order chi connectivity index (χ0) is 10.7. The Labute approximate surface area is 96.9 Å². The summed E-state index contributed by atoms with van der Waals surface area (Å²) in [6.45, 7) is 5.57. The molecule has 0 saturated heterocycles. The normalized spacial score (nSPS) is 26.8. The van der Waals surface area contributed by atoms with Crippen LogP contribution in [-0.2, 0) is 0 Å². The lowest BCUT2D eigenvalue weighted by Gasteiger charge is -2.29. The summed E-state index contributed by atoms with van der Waals surface area (Å²) in [6.07, 6.45) is 5.49. The van der Waals surface area contributed by atoms with E-state index in [0.717, 1.165) is 18.5 Å². The van der Waals surface area contributed by atoms with Crippen molar-refractivity contribution in [1.82, 2.24) is 5.32 Å². The molecule has 1 nitrogen and oxygen atoms in total. The van der Waals surface area contributed by atoms with E-state index in [4.69, 9.17) is 0 Å². The third-order valence-corrected chi connectivity index (χ3v) is 4.62. The fourth-order valence-corrected chi connectivity index (χ4v) is 3.78. The molecule has 1 aromatic heterocycles. The zero-order valence-corrected chi connectivity index (χ0v) is 10.6. The van der Waals surface area contributed by atoms with Crippen LogP contribution >= 0.6 is 11.3 Å². The first-order valence-electron chi connectivity index (χ1n) is 6.08. The number of rotatable bonds is 3. The highest BCUT2D eigenvalue weighted by atomic mass is 32.1. The highest BCUT2D eigenvalue weighted by Crippen LogP contribution is 2.37. The summed E-state index contributed by atoms with van der Waals surface area (Å²) < 4.78 is 0. The van der Waals surface area contributed by atoms with Gasteiger partial charge in [0.25, 0.3) is 0 Å². The molecule has 0 bridgehead atoms. The summed E-state index contributed by atoms with van der Waals surface area (Å²) in [7, 11) is 0. The number of nitrogens with one attached hydrogen (secondary N) is 1. The van der Waals surface area contributed by atoms with Crippen molar-refractivity contribution >= 4 is 11.3 Å². The summed E-state index contributed by atoms with van der Waals surface area (Å²) in [4.78, 5) is 1.64. The van der Waals surface area contributed by atoms with Gasteiger partial charge < -0.3 is 5.32 Å². The second kappa shape index (κ2) is 5.13. The molecule has 1 saturated carbocycles. The Hall–Kier alpha value is -0.340. The van der Waals surface area contributed by atoms with Crippen LogP contribution in [0.25, 0.3) is 0 Å². The van der Waals surface area contributed by atoms with Crippen molar-refractivity contribution in [3.63, 3.8) is 0 Å². The van der Waals surface area contributed by atoms with Gasteiger partial charge in [0.1, 0.15) is 0 Å². The fraction of sp³-hybridized carbons (Fsp3) is 0.692. The van der Waals surface area contributed by atoms with Gasteiger partial charge in [-0.2, -0.15) is 0 Å². The molecular formula is C13H21NS. The summed E-state index contributed by atoms with van der Waals surface area (Å²) in [6, 6.07) is 3.02. The lowest BCUT2D eigenvalue weighted by molar-refractivity contribution is 0.346. The molecule has 84 valence electrons. The summed E-state index contributed by atoms with van der Waals surface area (Å²) in [5.41, 5.74) is 1.50. The molecule has 0 aliphatic heterocycles. The molecule has 0 radical (unpaired) electrons. The molecule has 2 rings (SSSR count). The maximum Gasteiger partial charge on any atom is 0.0106 e. The SMILES string of the molecule is CCNC1CCCC(c2sccc2C)C1. The van der Waals surface area contributed by atoms with Crippen LogP contribution in [0.4, 0.5) is 0 Å². The van der Waals surface area contributed by atoms with E-state index in [9.17, 15) is 0 Å². The summed E-state index contributed by atoms with van der Waals surface area (Å²) in [5, 5.41) is 5.84. The van der Waals surface area contributed by atoms with Gasteiger partial charge in [0, 0.05) is 10.9 Å². The van der Waals surface area contributed by atoms with Gasteiger partial charge in [-0.1, -0.05) is 13.3 Å². The van der Waals surface area contributed by atoms with Crippen molar-refractivity contribution in [3.05, 3.63) is 21.9 Å². The standard InChI is InChI=1S/C13H21NS/c1-3-14-12-6-4-5-11(9-12)13-10(2)7-8-15-13/h7-8,11-12,14H,3-6,9H2,1-2H3. The van der Waals surface area contributed by atoms with E-state index in [1.165, 1.54) is 31.2 Å². The van der Waals surface area contributed by atoms with Crippen molar-refractivity contribution in [2.45, 2.75) is 51.5 Å². The van der Waals surface area contributed by atoms with Gasteiger partial charge in [-0.3, -0.25) is 0 Å². The minimum absolute atomic E-state index is 0.759. The van der Waals surface area contributed by atoms with E-state index in [-0.39, 0.29) is 0 Å². The van der Waals surface area contributed by atoms with Crippen LogP contribution in [0.1, 0.15) is 49.0 Å². The molecule has 0 amide bonds. The molecule has 0 spiro atoms. The van der Waals surface area contributed by atoms with E-state index < -0.39 is 0 Å². The number of thiophene rings is 1. The van der Waals surface area contributed by atoms with Crippen molar-refractivity contribution in [1.29, 1.82) is 0 Å². The third-order valence-electron chi connectivity index (χ3n) is 3.44. The Bertz CT molecular complexity index is 303. The van der Waals surface area contributed by atoms with Crippen LogP contribution < -0.4 is 5.32 Å². The van der Waals surface area contributed by atoms with Crippen LogP contribution in [0.3, 0.4) is 0 Å². The topological polar surface area (TPSA) is 12.0 Å². The molecule has 0 aromatic carbocycles. The smallest absolute Gasteiger partial charge is 0.0106 e. The van der Waals surface area contributed by atoms with E-state index in [1.54, 1.807) is 4.88 Å². The van der Waals surface area contributed by atoms with E-state index >= 15 is 0 Å². The number of hydrogen-bond acceptors (Lipinski definition) is 2. The van der Waals surface area contributed by atoms with Crippen molar-refractivity contribution in [3.8, 4) is 0 Å². The van der Waals surface area contributed by atoms with Crippen LogP contribution in [0.5, 0.6) is 0 Å². The first-order chi connectivity index (χ1) is 7.31. The third kappa shape index (κ3) is 2.61. The van der Waals surface area contributed by atoms with Gasteiger partial charge in [0.05, 0.1) is 0 Å². The van der Waals surface area contributed by atoms with Crippen LogP contribution in [0, 0.1) is 6.92 Å². The van der Waals surface area contributed by atoms with Gasteiger partial charge in [0.2, 0.25) is 0 Å². The largest absolute Gasteiger partial charge is 0.314 e. The van der Waals surface area contributed by atoms with Crippen LogP contribution in [-0.4, -0.2) is 12.6 Å². The fourth-order valence-electron chi connectivity index (χ4n) is 2.70. The molecule has 1 aliphatic carbocycles. The van der Waals surface area contributed by atoms with Crippen molar-refractivity contribution < 1.29 is 0 Å². The first-order valence-corrected chi connectivity index (χ1v) is 6.96. The monoisotopic (exact) mass is 223 g/mol. The van der Waals surface area contributed by atoms with E-state index in [1.807, 2.05) is 11.3 Å². The molecule has 2 atom stereocenters. The lowest BCUT2D eigenvalue weighted by Crippen LogP contribution is -2.33. The minimum Gasteiger partial charge on any atom is -0.314 e. The molecule has 15 heavy (non-hydrogen) atoms. The van der Waals surface area contributed by atoms with E-state index in [0.29, 0.717) is 0 Å². The van der Waals surface area contributed by atoms with Gasteiger partial charge in [0.15, 0.2) is 0 Å². The zero-order valence-electron chi connectivity index (χ0n) is 9.75. The Balaban J connectivity index is 2.01.